The Hall–Kier alpha value is -1.70. The molecule has 2 saturated heterocycles. The Bertz CT molecular complexity index is 621. The van der Waals surface area contributed by atoms with Crippen LogP contribution in [0.4, 0.5) is 14.9 Å². The molecule has 1 unspecified atom stereocenters. The van der Waals surface area contributed by atoms with E-state index >= 15 is 0 Å². The first kappa shape index (κ1) is 18.1. The number of halogens is 1. The van der Waals surface area contributed by atoms with Crippen LogP contribution in [0.2, 0.25) is 0 Å². The second-order valence-corrected chi connectivity index (χ2v) is 7.87. The molecule has 2 aliphatic heterocycles. The number of rotatable bonds is 3. The Labute approximate surface area is 147 Å². The maximum Gasteiger partial charge on any atom is 0.322 e. The molecule has 138 valence electrons. The lowest BCUT2D eigenvalue weighted by molar-refractivity contribution is -0.243. The first-order valence-corrected chi connectivity index (χ1v) is 8.63. The number of aliphatic hydroxyl groups is 1. The lowest BCUT2D eigenvalue weighted by Gasteiger charge is -2.41. The van der Waals surface area contributed by atoms with Gasteiger partial charge in [-0.05, 0) is 57.9 Å². The third kappa shape index (κ3) is 4.11. The largest absolute Gasteiger partial charge is 0.356 e. The smallest absolute Gasteiger partial charge is 0.322 e. The van der Waals surface area contributed by atoms with Gasteiger partial charge in [-0.1, -0.05) is 0 Å². The monoisotopic (exact) mass is 351 g/mol. The summed E-state index contributed by atoms with van der Waals surface area (Å²) in [6.45, 7) is 7.52. The zero-order valence-corrected chi connectivity index (χ0v) is 15.0. The van der Waals surface area contributed by atoms with Crippen LogP contribution in [0.3, 0.4) is 0 Å². The van der Waals surface area contributed by atoms with Crippen LogP contribution in [-0.2, 0) is 4.74 Å². The van der Waals surface area contributed by atoms with Crippen molar-refractivity contribution in [2.75, 3.05) is 24.5 Å². The van der Waals surface area contributed by atoms with Gasteiger partial charge in [0.25, 0.3) is 0 Å². The number of carbonyl (C=O) groups is 1. The van der Waals surface area contributed by atoms with Crippen LogP contribution in [0.5, 0.6) is 0 Å². The van der Waals surface area contributed by atoms with Gasteiger partial charge in [0.2, 0.25) is 6.41 Å². The number of amides is 2. The number of urea groups is 1. The molecule has 0 radical (unpaired) electrons. The number of carbonyl (C=O) groups excluding carboxylic acids is 1. The minimum Gasteiger partial charge on any atom is -0.356 e. The van der Waals surface area contributed by atoms with Crippen molar-refractivity contribution in [2.24, 2.45) is 0 Å². The highest BCUT2D eigenvalue weighted by atomic mass is 19.1. The standard InChI is InChI=1S/C18H26FN3O3/c1-17(2,3)25-16(24)21-10-8-18(9-11-21)12-22(15(23)20-18)14-6-4-13(19)5-7-14/h4-7,16,24H,8-12H2,1-3H3,(H,20,23). The minimum atomic E-state index is -0.942. The summed E-state index contributed by atoms with van der Waals surface area (Å²) in [5.41, 5.74) is -0.0480. The summed E-state index contributed by atoms with van der Waals surface area (Å²) in [6, 6.07) is 5.78. The molecule has 1 atom stereocenters. The third-order valence-corrected chi connectivity index (χ3v) is 4.74. The number of ether oxygens (including phenoxy) is 1. The Kier molecular flexibility index (Phi) is 4.74. The van der Waals surface area contributed by atoms with E-state index in [2.05, 4.69) is 5.32 Å². The van der Waals surface area contributed by atoms with Crippen LogP contribution in [0.25, 0.3) is 0 Å². The van der Waals surface area contributed by atoms with Crippen LogP contribution >= 0.6 is 0 Å². The van der Waals surface area contributed by atoms with Crippen molar-refractivity contribution in [1.82, 2.24) is 10.2 Å². The van der Waals surface area contributed by atoms with Gasteiger partial charge in [0.15, 0.2) is 0 Å². The minimum absolute atomic E-state index is 0.161. The molecule has 2 N–H and O–H groups in total. The molecule has 0 saturated carbocycles. The van der Waals surface area contributed by atoms with Crippen molar-refractivity contribution in [1.29, 1.82) is 0 Å². The van der Waals surface area contributed by atoms with Crippen molar-refractivity contribution < 1.29 is 19.0 Å². The molecule has 2 fully saturated rings. The predicted molar refractivity (Wildman–Crippen MR) is 92.7 cm³/mol. The van der Waals surface area contributed by atoms with Crippen molar-refractivity contribution in [3.8, 4) is 0 Å². The van der Waals surface area contributed by atoms with Gasteiger partial charge in [0, 0.05) is 18.8 Å². The van der Waals surface area contributed by atoms with E-state index in [9.17, 15) is 14.3 Å². The molecular formula is C18H26FN3O3. The molecule has 7 heteroatoms. The van der Waals surface area contributed by atoms with Gasteiger partial charge < -0.3 is 15.2 Å². The maximum absolute atomic E-state index is 13.1. The first-order chi connectivity index (χ1) is 11.7. The van der Waals surface area contributed by atoms with E-state index in [1.807, 2.05) is 25.7 Å². The molecule has 2 aliphatic rings. The van der Waals surface area contributed by atoms with Crippen molar-refractivity contribution >= 4 is 11.7 Å². The highest BCUT2D eigenvalue weighted by Crippen LogP contribution is 2.32. The Morgan fingerprint density at radius 2 is 1.84 bits per heavy atom. The van der Waals surface area contributed by atoms with E-state index in [4.69, 9.17) is 4.74 Å². The molecule has 3 rings (SSSR count). The first-order valence-electron chi connectivity index (χ1n) is 8.63. The molecule has 1 spiro atoms. The Morgan fingerprint density at radius 3 is 2.40 bits per heavy atom. The van der Waals surface area contributed by atoms with Crippen LogP contribution in [0, 0.1) is 5.82 Å². The van der Waals surface area contributed by atoms with Gasteiger partial charge in [-0.3, -0.25) is 9.80 Å². The van der Waals surface area contributed by atoms with Crippen molar-refractivity contribution in [3.05, 3.63) is 30.1 Å². The molecule has 6 nitrogen and oxygen atoms in total. The van der Waals surface area contributed by atoms with Gasteiger partial charge in [-0.15, -0.1) is 0 Å². The van der Waals surface area contributed by atoms with E-state index in [1.54, 1.807) is 17.0 Å². The quantitative estimate of drug-likeness (QED) is 0.820. The number of likely N-dealkylation sites (tertiary alicyclic amines) is 1. The van der Waals surface area contributed by atoms with Crippen LogP contribution < -0.4 is 10.2 Å². The fraction of sp³-hybridized carbons (Fsp3) is 0.611. The van der Waals surface area contributed by atoms with Crippen LogP contribution in [-0.4, -0.2) is 53.2 Å². The highest BCUT2D eigenvalue weighted by molar-refractivity contribution is 5.95. The second-order valence-electron chi connectivity index (χ2n) is 7.87. The molecule has 25 heavy (non-hydrogen) atoms. The molecule has 0 aromatic heterocycles. The van der Waals surface area contributed by atoms with Gasteiger partial charge in [0.05, 0.1) is 17.7 Å². The fourth-order valence-corrected chi connectivity index (χ4v) is 3.38. The lowest BCUT2D eigenvalue weighted by Crippen LogP contribution is -2.55. The van der Waals surface area contributed by atoms with Gasteiger partial charge >= 0.3 is 6.03 Å². The van der Waals surface area contributed by atoms with E-state index in [0.717, 1.165) is 12.8 Å². The van der Waals surface area contributed by atoms with E-state index in [0.29, 0.717) is 25.3 Å². The summed E-state index contributed by atoms with van der Waals surface area (Å²) in [6.07, 6.45) is 0.504. The summed E-state index contributed by atoms with van der Waals surface area (Å²) in [7, 11) is 0. The molecular weight excluding hydrogens is 325 g/mol. The molecule has 0 aliphatic carbocycles. The molecule has 1 aromatic rings. The SMILES string of the molecule is CC(C)(C)OC(O)N1CCC2(CC1)CN(c1ccc(F)cc1)C(=O)N2. The fourth-order valence-electron chi connectivity index (χ4n) is 3.38. The molecule has 2 amide bonds. The topological polar surface area (TPSA) is 65.0 Å². The zero-order valence-electron chi connectivity index (χ0n) is 15.0. The second kappa shape index (κ2) is 6.55. The summed E-state index contributed by atoms with van der Waals surface area (Å²) >= 11 is 0. The number of nitrogens with one attached hydrogen (secondary N) is 1. The zero-order chi connectivity index (χ0) is 18.2. The summed E-state index contributed by atoms with van der Waals surface area (Å²) in [5.74, 6) is -0.320. The van der Waals surface area contributed by atoms with Crippen molar-refractivity contribution in [2.45, 2.75) is 51.2 Å². The van der Waals surface area contributed by atoms with Crippen LogP contribution in [0.15, 0.2) is 24.3 Å². The number of hydrogen-bond acceptors (Lipinski definition) is 4. The number of piperidine rings is 1. The number of nitrogens with zero attached hydrogens (tertiary/aromatic N) is 2. The maximum atomic E-state index is 13.1. The van der Waals surface area contributed by atoms with Gasteiger partial charge in [0.1, 0.15) is 5.82 Å². The van der Waals surface area contributed by atoms with E-state index in [-0.39, 0.29) is 17.4 Å². The summed E-state index contributed by atoms with van der Waals surface area (Å²) in [5, 5.41) is 13.3. The van der Waals surface area contributed by atoms with Gasteiger partial charge in [-0.25, -0.2) is 9.18 Å². The number of hydrogen-bond donors (Lipinski definition) is 2. The van der Waals surface area contributed by atoms with E-state index in [1.165, 1.54) is 12.1 Å². The normalized spacial score (nSPS) is 22.3. The molecule has 1 aromatic carbocycles. The predicted octanol–water partition coefficient (Wildman–Crippen LogP) is 2.28. The number of aliphatic hydroxyl groups excluding tert-OH is 1. The highest BCUT2D eigenvalue weighted by Gasteiger charge is 2.45. The lowest BCUT2D eigenvalue weighted by atomic mass is 9.88. The Balaban J connectivity index is 1.62. The average Bonchev–Trinajstić information content (AvgIpc) is 2.83. The van der Waals surface area contributed by atoms with E-state index < -0.39 is 12.0 Å². The van der Waals surface area contributed by atoms with Crippen molar-refractivity contribution in [3.63, 3.8) is 0 Å². The molecule has 2 heterocycles. The number of benzene rings is 1. The summed E-state index contributed by atoms with van der Waals surface area (Å²) in [4.78, 5) is 15.9. The summed E-state index contributed by atoms with van der Waals surface area (Å²) < 4.78 is 18.7. The average molecular weight is 351 g/mol. The van der Waals surface area contributed by atoms with Crippen LogP contribution in [0.1, 0.15) is 33.6 Å². The van der Waals surface area contributed by atoms with Gasteiger partial charge in [-0.2, -0.15) is 0 Å². The third-order valence-electron chi connectivity index (χ3n) is 4.74. The number of anilines is 1. The molecule has 0 bridgehead atoms. The Morgan fingerprint density at radius 1 is 1.24 bits per heavy atom.